The lowest BCUT2D eigenvalue weighted by Crippen LogP contribution is -2.42. The second-order valence-corrected chi connectivity index (χ2v) is 6.51. The molecule has 0 unspecified atom stereocenters. The van der Waals surface area contributed by atoms with E-state index in [2.05, 4.69) is 25.4 Å². The maximum atomic E-state index is 10.1. The van der Waals surface area contributed by atoms with Gasteiger partial charge in [0.1, 0.15) is 0 Å². The van der Waals surface area contributed by atoms with Crippen molar-refractivity contribution < 1.29 is 5.11 Å². The van der Waals surface area contributed by atoms with E-state index >= 15 is 0 Å². The number of hydrogen-bond donors (Lipinski definition) is 2. The van der Waals surface area contributed by atoms with Gasteiger partial charge in [-0.1, -0.05) is 12.8 Å². The van der Waals surface area contributed by atoms with Gasteiger partial charge in [-0.05, 0) is 32.9 Å². The Kier molecular flexibility index (Phi) is 4.29. The molecule has 0 saturated heterocycles. The van der Waals surface area contributed by atoms with Crippen LogP contribution in [0.25, 0.3) is 0 Å². The molecule has 0 aromatic heterocycles. The Morgan fingerprint density at radius 3 is 2.43 bits per heavy atom. The average Bonchev–Trinajstić information content (AvgIpc) is 2.52. The van der Waals surface area contributed by atoms with E-state index in [1.807, 2.05) is 11.8 Å². The van der Waals surface area contributed by atoms with E-state index in [1.54, 1.807) is 0 Å². The van der Waals surface area contributed by atoms with Gasteiger partial charge in [-0.3, -0.25) is 0 Å². The predicted octanol–water partition coefficient (Wildman–Crippen LogP) is 2.02. The zero-order chi connectivity index (χ0) is 10.7. The second-order valence-electron chi connectivity index (χ2n) is 5.00. The van der Waals surface area contributed by atoms with Crippen molar-refractivity contribution in [2.75, 3.05) is 19.3 Å². The summed E-state index contributed by atoms with van der Waals surface area (Å²) in [5.41, 5.74) is -0.408. The van der Waals surface area contributed by atoms with Gasteiger partial charge < -0.3 is 10.4 Å². The summed E-state index contributed by atoms with van der Waals surface area (Å²) in [6.07, 6.45) is 6.44. The van der Waals surface area contributed by atoms with Crippen molar-refractivity contribution in [3.05, 3.63) is 0 Å². The van der Waals surface area contributed by atoms with Crippen LogP contribution in [0.1, 0.15) is 39.5 Å². The van der Waals surface area contributed by atoms with Crippen LogP contribution in [0.4, 0.5) is 0 Å². The van der Waals surface area contributed by atoms with E-state index in [9.17, 15) is 5.11 Å². The molecule has 0 bridgehead atoms. The molecule has 0 atom stereocenters. The Bertz CT molecular complexity index is 176. The van der Waals surface area contributed by atoms with Gasteiger partial charge in [-0.15, -0.1) is 0 Å². The number of nitrogens with one attached hydrogen (secondary N) is 1. The fourth-order valence-corrected chi connectivity index (χ4v) is 2.12. The van der Waals surface area contributed by atoms with Crippen LogP contribution in [0.15, 0.2) is 0 Å². The standard InChI is InChI=1S/C11H23NOS/c1-10(2,14-3)8-12-9-11(13)6-4-5-7-11/h12-13H,4-9H2,1-3H3. The van der Waals surface area contributed by atoms with Crippen molar-refractivity contribution in [2.24, 2.45) is 0 Å². The summed E-state index contributed by atoms with van der Waals surface area (Å²) in [6.45, 7) is 6.18. The number of thioether (sulfide) groups is 1. The third-order valence-corrected chi connectivity index (χ3v) is 4.34. The Morgan fingerprint density at radius 1 is 1.36 bits per heavy atom. The monoisotopic (exact) mass is 217 g/mol. The molecule has 2 N–H and O–H groups in total. The summed E-state index contributed by atoms with van der Waals surface area (Å²) < 4.78 is 0.273. The molecule has 0 radical (unpaired) electrons. The first kappa shape index (κ1) is 12.3. The zero-order valence-corrected chi connectivity index (χ0v) is 10.4. The molecule has 84 valence electrons. The fraction of sp³-hybridized carbons (Fsp3) is 1.00. The van der Waals surface area contributed by atoms with E-state index in [0.29, 0.717) is 0 Å². The van der Waals surface area contributed by atoms with Crippen LogP contribution in [-0.4, -0.2) is 34.8 Å². The van der Waals surface area contributed by atoms with Crippen molar-refractivity contribution in [3.63, 3.8) is 0 Å². The van der Waals surface area contributed by atoms with Gasteiger partial charge in [0.25, 0.3) is 0 Å². The molecule has 1 fully saturated rings. The highest BCUT2D eigenvalue weighted by atomic mass is 32.2. The molecular weight excluding hydrogens is 194 g/mol. The summed E-state index contributed by atoms with van der Waals surface area (Å²) in [7, 11) is 0. The molecule has 0 aromatic rings. The number of hydrogen-bond acceptors (Lipinski definition) is 3. The first-order chi connectivity index (χ1) is 6.47. The first-order valence-corrected chi connectivity index (χ1v) is 6.68. The van der Waals surface area contributed by atoms with E-state index in [0.717, 1.165) is 25.9 Å². The molecule has 1 aliphatic rings. The van der Waals surface area contributed by atoms with Crippen LogP contribution < -0.4 is 5.32 Å². The normalized spacial score (nSPS) is 21.4. The molecule has 0 spiro atoms. The van der Waals surface area contributed by atoms with Crippen molar-refractivity contribution in [3.8, 4) is 0 Å². The summed E-state index contributed by atoms with van der Waals surface area (Å²) in [4.78, 5) is 0. The Morgan fingerprint density at radius 2 is 1.93 bits per heavy atom. The lowest BCUT2D eigenvalue weighted by molar-refractivity contribution is 0.0476. The quantitative estimate of drug-likeness (QED) is 0.739. The Labute approximate surface area is 91.9 Å². The van der Waals surface area contributed by atoms with E-state index < -0.39 is 5.60 Å². The topological polar surface area (TPSA) is 32.3 Å². The van der Waals surface area contributed by atoms with Crippen LogP contribution in [0, 0.1) is 0 Å². The Hall–Kier alpha value is 0.270. The highest BCUT2D eigenvalue weighted by Gasteiger charge is 2.31. The minimum absolute atomic E-state index is 0.273. The molecule has 14 heavy (non-hydrogen) atoms. The minimum Gasteiger partial charge on any atom is -0.389 e. The molecule has 1 saturated carbocycles. The van der Waals surface area contributed by atoms with Crippen molar-refractivity contribution in [1.29, 1.82) is 0 Å². The minimum atomic E-state index is -0.408. The van der Waals surface area contributed by atoms with E-state index in [-0.39, 0.29) is 4.75 Å². The summed E-state index contributed by atoms with van der Waals surface area (Å²) in [5.74, 6) is 0. The van der Waals surface area contributed by atoms with Crippen molar-refractivity contribution in [1.82, 2.24) is 5.32 Å². The van der Waals surface area contributed by atoms with Gasteiger partial charge in [-0.2, -0.15) is 11.8 Å². The highest BCUT2D eigenvalue weighted by Crippen LogP contribution is 2.29. The summed E-state index contributed by atoms with van der Waals surface area (Å²) >= 11 is 1.86. The van der Waals surface area contributed by atoms with E-state index in [1.165, 1.54) is 12.8 Å². The lowest BCUT2D eigenvalue weighted by Gasteiger charge is -2.27. The van der Waals surface area contributed by atoms with Crippen molar-refractivity contribution in [2.45, 2.75) is 49.9 Å². The van der Waals surface area contributed by atoms with Gasteiger partial charge in [0.15, 0.2) is 0 Å². The molecule has 0 amide bonds. The lowest BCUT2D eigenvalue weighted by atomic mass is 10.0. The fourth-order valence-electron chi connectivity index (χ4n) is 1.88. The van der Waals surface area contributed by atoms with Gasteiger partial charge in [0.2, 0.25) is 0 Å². The SMILES string of the molecule is CSC(C)(C)CNCC1(O)CCCC1. The molecule has 1 rings (SSSR count). The molecule has 3 heteroatoms. The van der Waals surface area contributed by atoms with Crippen LogP contribution >= 0.6 is 11.8 Å². The Balaban J connectivity index is 2.20. The molecule has 1 aliphatic carbocycles. The van der Waals surface area contributed by atoms with Gasteiger partial charge in [0.05, 0.1) is 5.60 Å². The maximum Gasteiger partial charge on any atom is 0.0771 e. The molecule has 0 heterocycles. The predicted molar refractivity (Wildman–Crippen MR) is 63.9 cm³/mol. The molecule has 0 aliphatic heterocycles. The maximum absolute atomic E-state index is 10.1. The molecular formula is C11H23NOS. The summed E-state index contributed by atoms with van der Waals surface area (Å²) in [6, 6.07) is 0. The highest BCUT2D eigenvalue weighted by molar-refractivity contribution is 7.99. The average molecular weight is 217 g/mol. The number of aliphatic hydroxyl groups is 1. The second kappa shape index (κ2) is 4.86. The van der Waals surface area contributed by atoms with Gasteiger partial charge >= 0.3 is 0 Å². The molecule has 2 nitrogen and oxygen atoms in total. The van der Waals surface area contributed by atoms with Gasteiger partial charge in [-0.25, -0.2) is 0 Å². The largest absolute Gasteiger partial charge is 0.389 e. The first-order valence-electron chi connectivity index (χ1n) is 5.46. The third kappa shape index (κ3) is 3.79. The van der Waals surface area contributed by atoms with E-state index in [4.69, 9.17) is 0 Å². The van der Waals surface area contributed by atoms with Crippen LogP contribution in [0.2, 0.25) is 0 Å². The van der Waals surface area contributed by atoms with Crippen LogP contribution in [-0.2, 0) is 0 Å². The summed E-state index contributed by atoms with van der Waals surface area (Å²) in [5, 5.41) is 13.5. The third-order valence-electron chi connectivity index (χ3n) is 3.09. The molecule has 0 aromatic carbocycles. The van der Waals surface area contributed by atoms with Crippen LogP contribution in [0.3, 0.4) is 0 Å². The number of rotatable bonds is 5. The van der Waals surface area contributed by atoms with Crippen molar-refractivity contribution >= 4 is 11.8 Å². The van der Waals surface area contributed by atoms with Gasteiger partial charge in [0, 0.05) is 17.8 Å². The smallest absolute Gasteiger partial charge is 0.0771 e. The zero-order valence-electron chi connectivity index (χ0n) is 9.60. The van der Waals surface area contributed by atoms with Crippen LogP contribution in [0.5, 0.6) is 0 Å².